The number of ether oxygens (including phenoxy) is 1. The quantitative estimate of drug-likeness (QED) is 0.938. The monoisotopic (exact) mass is 285 g/mol. The normalized spacial score (nSPS) is 21.1. The number of benzene rings is 1. The van der Waals surface area contributed by atoms with Crippen LogP contribution in [0, 0.1) is 6.92 Å². The van der Waals surface area contributed by atoms with E-state index in [0.717, 1.165) is 31.0 Å². The molecule has 0 fully saturated rings. The summed E-state index contributed by atoms with van der Waals surface area (Å²) in [5.41, 5.74) is 2.79. The second-order valence-corrected chi connectivity index (χ2v) is 5.59. The van der Waals surface area contributed by atoms with Gasteiger partial charge in [0.1, 0.15) is 11.6 Å². The zero-order valence-electron chi connectivity index (χ0n) is 13.0. The third-order valence-corrected chi connectivity index (χ3v) is 4.43. The van der Waals surface area contributed by atoms with Gasteiger partial charge in [0.05, 0.1) is 19.2 Å². The predicted molar refractivity (Wildman–Crippen MR) is 83.7 cm³/mol. The Morgan fingerprint density at radius 1 is 1.43 bits per heavy atom. The molecule has 1 aromatic carbocycles. The van der Waals surface area contributed by atoms with E-state index in [-0.39, 0.29) is 0 Å². The minimum atomic E-state index is 0.307. The lowest BCUT2D eigenvalue weighted by molar-refractivity contribution is 0.316. The Bertz CT molecular complexity index is 620. The van der Waals surface area contributed by atoms with Crippen molar-refractivity contribution in [3.63, 3.8) is 0 Å². The molecule has 4 heteroatoms. The Morgan fingerprint density at radius 3 is 2.95 bits per heavy atom. The maximum absolute atomic E-state index is 5.41. The molecule has 1 heterocycles. The Hall–Kier alpha value is -1.81. The van der Waals surface area contributed by atoms with Gasteiger partial charge in [-0.3, -0.25) is 0 Å². The zero-order valence-corrected chi connectivity index (χ0v) is 13.0. The Labute approximate surface area is 126 Å². The van der Waals surface area contributed by atoms with Crippen LogP contribution >= 0.6 is 0 Å². The third kappa shape index (κ3) is 2.56. The van der Waals surface area contributed by atoms with Crippen molar-refractivity contribution < 1.29 is 4.74 Å². The molecule has 0 spiro atoms. The number of likely N-dealkylation sites (N-methyl/N-ethyl adjacent to an activating group) is 1. The molecule has 3 rings (SSSR count). The average Bonchev–Trinajstić information content (AvgIpc) is 2.93. The van der Waals surface area contributed by atoms with Crippen LogP contribution in [-0.2, 0) is 6.42 Å². The van der Waals surface area contributed by atoms with E-state index in [1.807, 2.05) is 6.20 Å². The lowest BCUT2D eigenvalue weighted by atomic mass is 9.83. The molecule has 112 valence electrons. The first kappa shape index (κ1) is 14.1. The number of fused-ring (bicyclic) bond motifs is 1. The van der Waals surface area contributed by atoms with E-state index in [0.29, 0.717) is 12.1 Å². The van der Waals surface area contributed by atoms with Crippen LogP contribution in [0.1, 0.15) is 42.4 Å². The lowest BCUT2D eigenvalue weighted by Gasteiger charge is -2.35. The maximum atomic E-state index is 5.41. The number of nitrogens with zero attached hydrogens (tertiary/aromatic N) is 2. The summed E-state index contributed by atoms with van der Waals surface area (Å²) in [5.74, 6) is 2.01. The van der Waals surface area contributed by atoms with Crippen molar-refractivity contribution in [2.75, 3.05) is 13.7 Å². The van der Waals surface area contributed by atoms with E-state index in [9.17, 15) is 0 Å². The van der Waals surface area contributed by atoms with Crippen molar-refractivity contribution in [1.82, 2.24) is 14.9 Å². The van der Waals surface area contributed by atoms with Crippen molar-refractivity contribution in [3.8, 4) is 5.75 Å². The van der Waals surface area contributed by atoms with Crippen LogP contribution in [0.4, 0.5) is 0 Å². The highest BCUT2D eigenvalue weighted by Crippen LogP contribution is 2.39. The fourth-order valence-electron chi connectivity index (χ4n) is 3.40. The Morgan fingerprint density at radius 2 is 2.29 bits per heavy atom. The highest BCUT2D eigenvalue weighted by atomic mass is 16.5. The molecule has 21 heavy (non-hydrogen) atoms. The number of aryl methyl sites for hydroxylation is 2. The molecule has 1 aliphatic carbocycles. The van der Waals surface area contributed by atoms with Crippen molar-refractivity contribution in [1.29, 1.82) is 0 Å². The van der Waals surface area contributed by atoms with E-state index >= 15 is 0 Å². The molecule has 2 atom stereocenters. The van der Waals surface area contributed by atoms with Crippen molar-refractivity contribution in [2.24, 2.45) is 0 Å². The molecule has 1 aliphatic rings. The van der Waals surface area contributed by atoms with Crippen LogP contribution in [0.2, 0.25) is 0 Å². The highest BCUT2D eigenvalue weighted by Gasteiger charge is 2.31. The zero-order chi connectivity index (χ0) is 14.8. The fraction of sp³-hybridized carbons (Fsp3) is 0.471. The molecular weight excluding hydrogens is 262 g/mol. The number of hydrogen-bond donors (Lipinski definition) is 1. The van der Waals surface area contributed by atoms with Gasteiger partial charge in [-0.05, 0) is 49.6 Å². The molecule has 2 unspecified atom stereocenters. The van der Waals surface area contributed by atoms with Gasteiger partial charge in [-0.25, -0.2) is 4.98 Å². The van der Waals surface area contributed by atoms with Gasteiger partial charge in [-0.15, -0.1) is 0 Å². The summed E-state index contributed by atoms with van der Waals surface area (Å²) in [7, 11) is 1.73. The first-order chi connectivity index (χ1) is 10.2. The smallest absolute Gasteiger partial charge is 0.119 e. The van der Waals surface area contributed by atoms with Gasteiger partial charge in [-0.2, -0.15) is 0 Å². The summed E-state index contributed by atoms with van der Waals surface area (Å²) in [6.07, 6.45) is 6.21. The summed E-state index contributed by atoms with van der Waals surface area (Å²) in [6, 6.07) is 7.16. The molecule has 0 aliphatic heterocycles. The number of hydrogen-bond acceptors (Lipinski definition) is 3. The van der Waals surface area contributed by atoms with Crippen LogP contribution in [-0.4, -0.2) is 23.2 Å². The van der Waals surface area contributed by atoms with Gasteiger partial charge in [0.2, 0.25) is 0 Å². The summed E-state index contributed by atoms with van der Waals surface area (Å²) in [5, 5.41) is 3.65. The van der Waals surface area contributed by atoms with E-state index in [1.54, 1.807) is 7.11 Å². The van der Waals surface area contributed by atoms with Crippen molar-refractivity contribution >= 4 is 0 Å². The minimum Gasteiger partial charge on any atom is -0.497 e. The number of imidazole rings is 1. The molecule has 0 bridgehead atoms. The molecule has 1 N–H and O–H groups in total. The third-order valence-electron chi connectivity index (χ3n) is 4.43. The average molecular weight is 285 g/mol. The number of methoxy groups -OCH3 is 1. The van der Waals surface area contributed by atoms with E-state index in [1.165, 1.54) is 11.1 Å². The summed E-state index contributed by atoms with van der Waals surface area (Å²) < 4.78 is 7.71. The number of aromatic nitrogens is 2. The largest absolute Gasteiger partial charge is 0.497 e. The van der Waals surface area contributed by atoms with Crippen LogP contribution in [0.25, 0.3) is 0 Å². The van der Waals surface area contributed by atoms with Crippen LogP contribution in [0.15, 0.2) is 30.6 Å². The fourth-order valence-corrected chi connectivity index (χ4v) is 3.40. The van der Waals surface area contributed by atoms with Crippen molar-refractivity contribution in [3.05, 3.63) is 47.5 Å². The molecule has 4 nitrogen and oxygen atoms in total. The summed E-state index contributed by atoms with van der Waals surface area (Å²) in [4.78, 5) is 4.39. The van der Waals surface area contributed by atoms with Crippen LogP contribution < -0.4 is 10.1 Å². The van der Waals surface area contributed by atoms with Crippen LogP contribution in [0.5, 0.6) is 5.75 Å². The minimum absolute atomic E-state index is 0.307. The van der Waals surface area contributed by atoms with Gasteiger partial charge in [0, 0.05) is 12.4 Å². The van der Waals surface area contributed by atoms with Gasteiger partial charge >= 0.3 is 0 Å². The number of nitrogens with one attached hydrogen (secondary N) is 1. The summed E-state index contributed by atoms with van der Waals surface area (Å²) in [6.45, 7) is 5.18. The standard InChI is InChI=1S/C17H23N3O/c1-4-18-17-15-11-14(21-3)7-5-13(15)6-8-16(17)20-10-9-19-12(20)2/h5,7,9-11,16-18H,4,6,8H2,1-3H3. The highest BCUT2D eigenvalue weighted by molar-refractivity contribution is 5.40. The molecular formula is C17H23N3O. The van der Waals surface area contributed by atoms with Gasteiger partial charge in [0.25, 0.3) is 0 Å². The van der Waals surface area contributed by atoms with Gasteiger partial charge in [-0.1, -0.05) is 13.0 Å². The molecule has 0 radical (unpaired) electrons. The predicted octanol–water partition coefficient (Wildman–Crippen LogP) is 3.04. The van der Waals surface area contributed by atoms with Crippen LogP contribution in [0.3, 0.4) is 0 Å². The van der Waals surface area contributed by atoms with E-state index in [2.05, 4.69) is 53.1 Å². The molecule has 0 saturated carbocycles. The topological polar surface area (TPSA) is 39.1 Å². The molecule has 2 aromatic rings. The second-order valence-electron chi connectivity index (χ2n) is 5.59. The summed E-state index contributed by atoms with van der Waals surface area (Å²) >= 11 is 0. The Balaban J connectivity index is 2.02. The number of rotatable bonds is 4. The SMILES string of the molecule is CCNC1c2cc(OC)ccc2CCC1n1ccnc1C. The van der Waals surface area contributed by atoms with E-state index in [4.69, 9.17) is 4.74 Å². The van der Waals surface area contributed by atoms with Gasteiger partial charge < -0.3 is 14.6 Å². The van der Waals surface area contributed by atoms with Gasteiger partial charge in [0.15, 0.2) is 0 Å². The molecule has 0 amide bonds. The van der Waals surface area contributed by atoms with Crippen molar-refractivity contribution in [2.45, 2.75) is 38.8 Å². The molecule has 0 saturated heterocycles. The first-order valence-corrected chi connectivity index (χ1v) is 7.64. The molecule has 1 aromatic heterocycles. The van der Waals surface area contributed by atoms with E-state index < -0.39 is 0 Å². The first-order valence-electron chi connectivity index (χ1n) is 7.64. The second kappa shape index (κ2) is 5.90. The lowest BCUT2D eigenvalue weighted by Crippen LogP contribution is -2.34. The Kier molecular flexibility index (Phi) is 3.97. The maximum Gasteiger partial charge on any atom is 0.119 e.